The van der Waals surface area contributed by atoms with Gasteiger partial charge in [0.15, 0.2) is 0 Å². The smallest absolute Gasteiger partial charge is 0.226 e. The van der Waals surface area contributed by atoms with Gasteiger partial charge in [-0.15, -0.1) is 0 Å². The normalized spacial score (nSPS) is 11.7. The number of rotatable bonds is 6. The summed E-state index contributed by atoms with van der Waals surface area (Å²) in [4.78, 5) is 11.2. The maximum atomic E-state index is 12.8. The fourth-order valence-electron chi connectivity index (χ4n) is 2.71. The molecule has 0 saturated carbocycles. The molecule has 1 aromatic carbocycles. The number of aromatic amines is 1. The van der Waals surface area contributed by atoms with Gasteiger partial charge in [-0.1, -0.05) is 0 Å². The van der Waals surface area contributed by atoms with Crippen LogP contribution in [0.5, 0.6) is 11.5 Å². The highest BCUT2D eigenvalue weighted by Crippen LogP contribution is 2.27. The molecule has 0 amide bonds. The minimum Gasteiger partial charge on any atom is -0.497 e. The van der Waals surface area contributed by atoms with E-state index in [1.54, 1.807) is 25.1 Å². The number of benzene rings is 1. The van der Waals surface area contributed by atoms with Gasteiger partial charge >= 0.3 is 0 Å². The lowest BCUT2D eigenvalue weighted by molar-refractivity contribution is 0.272. The van der Waals surface area contributed by atoms with Crippen molar-refractivity contribution in [2.45, 2.75) is 24.4 Å². The molecule has 0 radical (unpaired) electrons. The largest absolute Gasteiger partial charge is 0.497 e. The highest BCUT2D eigenvalue weighted by molar-refractivity contribution is 7.90. The number of aromatic nitrogens is 3. The molecule has 0 bridgehead atoms. The second kappa shape index (κ2) is 6.93. The van der Waals surface area contributed by atoms with Gasteiger partial charge in [0.1, 0.15) is 17.3 Å². The van der Waals surface area contributed by atoms with Crippen molar-refractivity contribution in [1.29, 1.82) is 0 Å². The zero-order chi connectivity index (χ0) is 18.9. The van der Waals surface area contributed by atoms with Crippen molar-refractivity contribution in [2.24, 2.45) is 0 Å². The number of hydrogen-bond acceptors (Lipinski definition) is 7. The van der Waals surface area contributed by atoms with Crippen LogP contribution in [0.4, 0.5) is 0 Å². The molecule has 0 aliphatic heterocycles. The monoisotopic (exact) mass is 377 g/mol. The molecular weight excluding hydrogens is 358 g/mol. The van der Waals surface area contributed by atoms with Gasteiger partial charge in [-0.05, 0) is 19.1 Å². The zero-order valence-electron chi connectivity index (χ0n) is 14.6. The average Bonchev–Trinajstić information content (AvgIpc) is 3.07. The third-order valence-electron chi connectivity index (χ3n) is 4.10. The second-order valence-electron chi connectivity index (χ2n) is 5.73. The van der Waals surface area contributed by atoms with Crippen molar-refractivity contribution in [1.82, 2.24) is 15.0 Å². The molecule has 26 heavy (non-hydrogen) atoms. The van der Waals surface area contributed by atoms with Crippen LogP contribution in [0.1, 0.15) is 16.8 Å². The Morgan fingerprint density at radius 3 is 2.65 bits per heavy atom. The van der Waals surface area contributed by atoms with E-state index in [4.69, 9.17) is 9.47 Å². The highest BCUT2D eigenvalue weighted by atomic mass is 32.2. The minimum atomic E-state index is -3.75. The summed E-state index contributed by atoms with van der Waals surface area (Å²) >= 11 is 0. The fourth-order valence-corrected chi connectivity index (χ4v) is 4.00. The van der Waals surface area contributed by atoms with E-state index < -0.39 is 9.84 Å². The lowest BCUT2D eigenvalue weighted by atomic mass is 10.1. The lowest BCUT2D eigenvalue weighted by Gasteiger charge is -2.12. The Bertz CT molecular complexity index is 1060. The quantitative estimate of drug-likeness (QED) is 0.672. The van der Waals surface area contributed by atoms with Gasteiger partial charge in [-0.3, -0.25) is 4.98 Å². The van der Waals surface area contributed by atoms with Gasteiger partial charge in [0, 0.05) is 23.4 Å². The number of fused-ring (bicyclic) bond motifs is 1. The first-order valence-corrected chi connectivity index (χ1v) is 9.43. The molecule has 3 aromatic rings. The molecular formula is C17H19N3O5S. The second-order valence-corrected chi connectivity index (χ2v) is 7.64. The summed E-state index contributed by atoms with van der Waals surface area (Å²) in [7, 11) is -0.750. The maximum Gasteiger partial charge on any atom is 0.226 e. The number of methoxy groups -OCH3 is 2. The Labute approximate surface area is 150 Å². The van der Waals surface area contributed by atoms with Crippen LogP contribution in [-0.4, -0.2) is 42.7 Å². The van der Waals surface area contributed by atoms with Gasteiger partial charge in [-0.2, -0.15) is 0 Å². The van der Waals surface area contributed by atoms with Gasteiger partial charge in [0.2, 0.25) is 15.0 Å². The Morgan fingerprint density at radius 1 is 1.23 bits per heavy atom. The van der Waals surface area contributed by atoms with E-state index >= 15 is 0 Å². The first-order valence-electron chi connectivity index (χ1n) is 7.78. The van der Waals surface area contributed by atoms with Crippen molar-refractivity contribution in [2.75, 3.05) is 14.2 Å². The van der Waals surface area contributed by atoms with Crippen LogP contribution in [0.3, 0.4) is 0 Å². The zero-order valence-corrected chi connectivity index (χ0v) is 15.4. The summed E-state index contributed by atoms with van der Waals surface area (Å²) in [6, 6.07) is 5.08. The number of nitrogens with zero attached hydrogens (tertiary/aromatic N) is 2. The van der Waals surface area contributed by atoms with Gasteiger partial charge < -0.3 is 19.6 Å². The van der Waals surface area contributed by atoms with E-state index in [0.717, 1.165) is 0 Å². The predicted molar refractivity (Wildman–Crippen MR) is 95.0 cm³/mol. The summed E-state index contributed by atoms with van der Waals surface area (Å²) in [6.45, 7) is 1.47. The number of H-pyrrole nitrogens is 1. The molecule has 2 aromatic heterocycles. The fraction of sp³-hybridized carbons (Fsp3) is 0.294. The Balaban J connectivity index is 1.99. The van der Waals surface area contributed by atoms with E-state index in [1.807, 2.05) is 0 Å². The molecule has 2 heterocycles. The Morgan fingerprint density at radius 2 is 2.00 bits per heavy atom. The van der Waals surface area contributed by atoms with Crippen LogP contribution in [0.25, 0.3) is 11.0 Å². The van der Waals surface area contributed by atoms with Crippen molar-refractivity contribution >= 4 is 20.9 Å². The van der Waals surface area contributed by atoms with Gasteiger partial charge in [-0.25, -0.2) is 13.4 Å². The predicted octanol–water partition coefficient (Wildman–Crippen LogP) is 1.75. The third-order valence-corrected chi connectivity index (χ3v) is 5.54. The van der Waals surface area contributed by atoms with E-state index in [1.165, 1.54) is 20.4 Å². The maximum absolute atomic E-state index is 12.8. The van der Waals surface area contributed by atoms with Crippen molar-refractivity contribution in [3.63, 3.8) is 0 Å². The molecule has 0 aliphatic carbocycles. The Kier molecular flexibility index (Phi) is 4.84. The molecule has 0 atom stereocenters. The van der Waals surface area contributed by atoms with Gasteiger partial charge in [0.05, 0.1) is 37.6 Å². The average molecular weight is 377 g/mol. The van der Waals surface area contributed by atoms with Crippen molar-refractivity contribution in [3.8, 4) is 11.5 Å². The van der Waals surface area contributed by atoms with Gasteiger partial charge in [0.25, 0.3) is 0 Å². The molecule has 0 fully saturated rings. The third kappa shape index (κ3) is 3.23. The first kappa shape index (κ1) is 18.2. The Hall–Kier alpha value is -2.65. The first-order chi connectivity index (χ1) is 12.4. The number of aliphatic hydroxyl groups is 1. The van der Waals surface area contributed by atoms with Crippen LogP contribution in [0.2, 0.25) is 0 Å². The number of aliphatic hydroxyl groups excluding tert-OH is 1. The topological polar surface area (TPSA) is 114 Å². The summed E-state index contributed by atoms with van der Waals surface area (Å²) < 4.78 is 36.0. The molecule has 2 N–H and O–H groups in total. The molecule has 0 aliphatic rings. The number of hydrogen-bond donors (Lipinski definition) is 2. The van der Waals surface area contributed by atoms with Crippen molar-refractivity contribution < 1.29 is 23.0 Å². The van der Waals surface area contributed by atoms with E-state index in [9.17, 15) is 13.5 Å². The lowest BCUT2D eigenvalue weighted by Crippen LogP contribution is -2.11. The van der Waals surface area contributed by atoms with E-state index in [-0.39, 0.29) is 17.5 Å². The standard InChI is InChI=1S/C17H19N3O5S/c1-10-15(18-7-11(8-21)16(10)25-3)9-26(22,23)17-19-13-5-4-12(24-2)6-14(13)20-17/h4-7,21H,8-9H2,1-3H3,(H,19,20). The summed E-state index contributed by atoms with van der Waals surface area (Å²) in [5.74, 6) is 0.701. The van der Waals surface area contributed by atoms with E-state index in [0.29, 0.717) is 39.4 Å². The van der Waals surface area contributed by atoms with Crippen LogP contribution in [0, 0.1) is 6.92 Å². The molecule has 0 unspecified atom stereocenters. The molecule has 0 saturated heterocycles. The summed E-state index contributed by atoms with van der Waals surface area (Å²) in [5, 5.41) is 9.20. The number of ether oxygens (including phenoxy) is 2. The molecule has 3 rings (SSSR count). The van der Waals surface area contributed by atoms with Crippen LogP contribution < -0.4 is 9.47 Å². The highest BCUT2D eigenvalue weighted by Gasteiger charge is 2.23. The van der Waals surface area contributed by atoms with E-state index in [2.05, 4.69) is 15.0 Å². The number of imidazole rings is 1. The van der Waals surface area contributed by atoms with Crippen LogP contribution in [-0.2, 0) is 22.2 Å². The summed E-state index contributed by atoms with van der Waals surface area (Å²) in [5.41, 5.74) is 2.52. The van der Waals surface area contributed by atoms with Crippen molar-refractivity contribution in [3.05, 3.63) is 41.2 Å². The van der Waals surface area contributed by atoms with Crippen LogP contribution in [0.15, 0.2) is 29.6 Å². The molecule has 8 nitrogen and oxygen atoms in total. The number of sulfone groups is 1. The number of nitrogens with one attached hydrogen (secondary N) is 1. The molecule has 9 heteroatoms. The minimum absolute atomic E-state index is 0.132. The molecule has 138 valence electrons. The van der Waals surface area contributed by atoms with Crippen LogP contribution >= 0.6 is 0 Å². The molecule has 0 spiro atoms. The SMILES string of the molecule is COc1ccc2nc(S(=O)(=O)Cc3ncc(CO)c(OC)c3C)[nH]c2c1. The number of pyridine rings is 1. The summed E-state index contributed by atoms with van der Waals surface area (Å²) in [6.07, 6.45) is 1.42.